The number of carbonyl (C=O) groups is 2. The van der Waals surface area contributed by atoms with Gasteiger partial charge in [0.2, 0.25) is 0 Å². The van der Waals surface area contributed by atoms with E-state index in [0.717, 1.165) is 17.8 Å². The molecule has 0 saturated heterocycles. The molecule has 206 valence electrons. The fraction of sp³-hybridized carbons (Fsp3) is 0.156. The molecule has 0 aliphatic carbocycles. The van der Waals surface area contributed by atoms with Gasteiger partial charge in [0.1, 0.15) is 19.0 Å². The molecule has 0 unspecified atom stereocenters. The number of hydrogen-bond acceptors (Lipinski definition) is 8. The molecule has 0 aliphatic heterocycles. The third kappa shape index (κ3) is 9.04. The maximum absolute atomic E-state index is 12.6. The molecule has 0 aliphatic rings. The van der Waals surface area contributed by atoms with Crippen LogP contribution in [0.2, 0.25) is 0 Å². The van der Waals surface area contributed by atoms with Crippen molar-refractivity contribution in [1.29, 1.82) is 5.26 Å². The predicted molar refractivity (Wildman–Crippen MR) is 157 cm³/mol. The molecule has 0 heterocycles. The molecule has 0 aromatic heterocycles. The van der Waals surface area contributed by atoms with Gasteiger partial charge in [-0.05, 0) is 103 Å². The van der Waals surface area contributed by atoms with Crippen molar-refractivity contribution < 1.29 is 19.1 Å². The molecular weight excluding hydrogens is 518 g/mol. The van der Waals surface area contributed by atoms with Gasteiger partial charge >= 0.3 is 5.97 Å². The maximum Gasteiger partial charge on any atom is 0.305 e. The standard InChI is InChI=1S/C32H29N5O4/c1-2-3-31(38)41-21-20-40-30-18-6-24(7-19-30)32(39)35-27-12-10-25(11-13-27)34-26-14-16-29(17-15-26)37-36-28-8-4-23(22-33)5-9-28/h4-19,34H,2-3,20-21H2,1H3,(H,35,39). The van der Waals surface area contributed by atoms with Gasteiger partial charge in [0.15, 0.2) is 0 Å². The second kappa shape index (κ2) is 14.6. The van der Waals surface area contributed by atoms with E-state index in [4.69, 9.17) is 14.7 Å². The zero-order chi connectivity index (χ0) is 28.9. The Bertz CT molecular complexity index is 1510. The normalized spacial score (nSPS) is 10.5. The summed E-state index contributed by atoms with van der Waals surface area (Å²) in [7, 11) is 0. The Balaban J connectivity index is 1.23. The van der Waals surface area contributed by atoms with E-state index in [9.17, 15) is 9.59 Å². The molecule has 0 spiro atoms. The van der Waals surface area contributed by atoms with Gasteiger partial charge in [-0.15, -0.1) is 0 Å². The third-order valence-corrected chi connectivity index (χ3v) is 5.76. The summed E-state index contributed by atoms with van der Waals surface area (Å²) in [6.07, 6.45) is 1.14. The number of hydrogen-bond donors (Lipinski definition) is 2. The van der Waals surface area contributed by atoms with Crippen molar-refractivity contribution in [3.05, 3.63) is 108 Å². The van der Waals surface area contributed by atoms with Crippen LogP contribution in [0.25, 0.3) is 0 Å². The Labute approximate surface area is 238 Å². The number of esters is 1. The number of benzene rings is 4. The molecule has 9 nitrogen and oxygen atoms in total. The predicted octanol–water partition coefficient (Wildman–Crippen LogP) is 7.69. The minimum absolute atomic E-state index is 0.185. The molecule has 4 aromatic carbocycles. The topological polar surface area (TPSA) is 125 Å². The lowest BCUT2D eigenvalue weighted by Crippen LogP contribution is -2.13. The van der Waals surface area contributed by atoms with Crippen LogP contribution in [0.3, 0.4) is 0 Å². The van der Waals surface area contributed by atoms with Crippen LogP contribution in [0.5, 0.6) is 5.75 Å². The first-order valence-electron chi connectivity index (χ1n) is 13.1. The van der Waals surface area contributed by atoms with Gasteiger partial charge in [0, 0.05) is 29.0 Å². The van der Waals surface area contributed by atoms with Crippen LogP contribution in [0.1, 0.15) is 35.7 Å². The number of nitrogens with zero attached hydrogens (tertiary/aromatic N) is 3. The molecule has 0 atom stereocenters. The van der Waals surface area contributed by atoms with Gasteiger partial charge < -0.3 is 20.1 Å². The lowest BCUT2D eigenvalue weighted by atomic mass is 10.2. The van der Waals surface area contributed by atoms with Crippen molar-refractivity contribution in [2.24, 2.45) is 10.2 Å². The Morgan fingerprint density at radius 2 is 1.32 bits per heavy atom. The van der Waals surface area contributed by atoms with Crippen molar-refractivity contribution in [2.45, 2.75) is 19.8 Å². The average Bonchev–Trinajstić information content (AvgIpc) is 3.00. The SMILES string of the molecule is CCCC(=O)OCCOc1ccc(C(=O)Nc2ccc(Nc3ccc(N=Nc4ccc(C#N)cc4)cc3)cc2)cc1. The van der Waals surface area contributed by atoms with Crippen LogP contribution in [0.15, 0.2) is 107 Å². The van der Waals surface area contributed by atoms with Crippen molar-refractivity contribution in [3.63, 3.8) is 0 Å². The van der Waals surface area contributed by atoms with Crippen LogP contribution >= 0.6 is 0 Å². The van der Waals surface area contributed by atoms with Crippen LogP contribution in [-0.2, 0) is 9.53 Å². The summed E-state index contributed by atoms with van der Waals surface area (Å²) in [6.45, 7) is 2.35. The third-order valence-electron chi connectivity index (χ3n) is 5.76. The number of ether oxygens (including phenoxy) is 2. The highest BCUT2D eigenvalue weighted by molar-refractivity contribution is 6.04. The molecule has 0 saturated carbocycles. The second-order valence-electron chi connectivity index (χ2n) is 8.91. The summed E-state index contributed by atoms with van der Waals surface area (Å²) < 4.78 is 10.6. The van der Waals surface area contributed by atoms with Crippen LogP contribution in [0, 0.1) is 11.3 Å². The fourth-order valence-corrected chi connectivity index (χ4v) is 3.63. The van der Waals surface area contributed by atoms with E-state index in [1.807, 2.05) is 55.5 Å². The molecule has 4 rings (SSSR count). The number of nitriles is 1. The van der Waals surface area contributed by atoms with Gasteiger partial charge in [-0.25, -0.2) is 0 Å². The summed E-state index contributed by atoms with van der Waals surface area (Å²) in [4.78, 5) is 24.0. The molecule has 2 N–H and O–H groups in total. The molecule has 41 heavy (non-hydrogen) atoms. The number of carbonyl (C=O) groups excluding carboxylic acids is 2. The molecule has 0 fully saturated rings. The number of anilines is 3. The summed E-state index contributed by atoms with van der Waals surface area (Å²) in [6, 6.07) is 30.6. The molecule has 9 heteroatoms. The van der Waals surface area contributed by atoms with E-state index in [1.54, 1.807) is 48.5 Å². The number of rotatable bonds is 12. The molecule has 0 bridgehead atoms. The van der Waals surface area contributed by atoms with Crippen molar-refractivity contribution in [1.82, 2.24) is 0 Å². The summed E-state index contributed by atoms with van der Waals surface area (Å²) in [5.41, 5.74) is 4.83. The Morgan fingerprint density at radius 3 is 1.90 bits per heavy atom. The smallest absolute Gasteiger partial charge is 0.305 e. The first kappa shape index (κ1) is 28.5. The van der Waals surface area contributed by atoms with Gasteiger partial charge in [0.25, 0.3) is 5.91 Å². The lowest BCUT2D eigenvalue weighted by Gasteiger charge is -2.10. The molecule has 4 aromatic rings. The van der Waals surface area contributed by atoms with Gasteiger partial charge in [-0.3, -0.25) is 9.59 Å². The first-order chi connectivity index (χ1) is 20.0. The van der Waals surface area contributed by atoms with E-state index in [-0.39, 0.29) is 25.1 Å². The number of nitrogens with one attached hydrogen (secondary N) is 2. The molecule has 1 amide bonds. The minimum atomic E-state index is -0.239. The van der Waals surface area contributed by atoms with Crippen molar-refractivity contribution in [2.75, 3.05) is 23.8 Å². The Kier molecular flexibility index (Phi) is 10.2. The highest BCUT2D eigenvalue weighted by atomic mass is 16.6. The minimum Gasteiger partial charge on any atom is -0.490 e. The molecular formula is C32H29N5O4. The monoisotopic (exact) mass is 547 g/mol. The first-order valence-corrected chi connectivity index (χ1v) is 13.1. The summed E-state index contributed by atoms with van der Waals surface area (Å²) >= 11 is 0. The maximum atomic E-state index is 12.6. The zero-order valence-electron chi connectivity index (χ0n) is 22.5. The largest absolute Gasteiger partial charge is 0.490 e. The number of amides is 1. The Hall–Kier alpha value is -5.49. The summed E-state index contributed by atoms with van der Waals surface area (Å²) in [5.74, 6) is 0.115. The average molecular weight is 548 g/mol. The quantitative estimate of drug-likeness (QED) is 0.106. The lowest BCUT2D eigenvalue weighted by molar-refractivity contribution is -0.144. The van der Waals surface area contributed by atoms with E-state index >= 15 is 0 Å². The highest BCUT2D eigenvalue weighted by Crippen LogP contribution is 2.24. The van der Waals surface area contributed by atoms with Crippen LogP contribution in [-0.4, -0.2) is 25.1 Å². The van der Waals surface area contributed by atoms with Gasteiger partial charge in [-0.2, -0.15) is 15.5 Å². The van der Waals surface area contributed by atoms with E-state index in [0.29, 0.717) is 40.4 Å². The number of azo groups is 1. The van der Waals surface area contributed by atoms with Crippen LogP contribution < -0.4 is 15.4 Å². The van der Waals surface area contributed by atoms with E-state index in [2.05, 4.69) is 26.9 Å². The van der Waals surface area contributed by atoms with Gasteiger partial charge in [-0.1, -0.05) is 6.92 Å². The summed E-state index contributed by atoms with van der Waals surface area (Å²) in [5, 5.41) is 23.5. The second-order valence-corrected chi connectivity index (χ2v) is 8.91. The van der Waals surface area contributed by atoms with Gasteiger partial charge in [0.05, 0.1) is 23.0 Å². The fourth-order valence-electron chi connectivity index (χ4n) is 3.63. The Morgan fingerprint density at radius 1 is 0.756 bits per heavy atom. The van der Waals surface area contributed by atoms with Crippen LogP contribution in [0.4, 0.5) is 28.4 Å². The van der Waals surface area contributed by atoms with E-state index in [1.165, 1.54) is 0 Å². The van der Waals surface area contributed by atoms with E-state index < -0.39 is 0 Å². The highest BCUT2D eigenvalue weighted by Gasteiger charge is 2.07. The van der Waals surface area contributed by atoms with Crippen molar-refractivity contribution >= 4 is 40.3 Å². The van der Waals surface area contributed by atoms with Crippen molar-refractivity contribution in [3.8, 4) is 11.8 Å². The molecule has 0 radical (unpaired) electrons. The zero-order valence-corrected chi connectivity index (χ0v) is 22.5.